The fourth-order valence-electron chi connectivity index (χ4n) is 0.552. The lowest BCUT2D eigenvalue weighted by Crippen LogP contribution is -2.21. The zero-order valence-electron chi connectivity index (χ0n) is 6.68. The molecule has 0 rings (SSSR count). The lowest BCUT2D eigenvalue weighted by atomic mass is 10.4. The van der Waals surface area contributed by atoms with Gasteiger partial charge in [0.2, 0.25) is 0 Å². The van der Waals surface area contributed by atoms with Gasteiger partial charge in [-0.05, 0) is 6.92 Å². The molecule has 0 spiro atoms. The summed E-state index contributed by atoms with van der Waals surface area (Å²) in [7, 11) is 0. The second kappa shape index (κ2) is 8.31. The minimum Gasteiger partial charge on any atom is -0.379 e. The van der Waals surface area contributed by atoms with Crippen LogP contribution in [0.2, 0.25) is 0 Å². The Morgan fingerprint density at radius 2 is 2.36 bits per heavy atom. The van der Waals surface area contributed by atoms with Crippen molar-refractivity contribution in [2.24, 2.45) is 0 Å². The molecular formula is C8H13IO2. The molecule has 11 heavy (non-hydrogen) atoms. The zero-order valence-corrected chi connectivity index (χ0v) is 8.84. The maximum atomic E-state index is 5.27. The predicted octanol–water partition coefficient (Wildman–Crippen LogP) is 1.48. The first-order chi connectivity index (χ1) is 5.35. The molecule has 0 saturated carbocycles. The average molecular weight is 268 g/mol. The van der Waals surface area contributed by atoms with Crippen molar-refractivity contribution in [3.8, 4) is 12.3 Å². The van der Waals surface area contributed by atoms with E-state index in [1.807, 2.05) is 6.92 Å². The summed E-state index contributed by atoms with van der Waals surface area (Å²) in [5.41, 5.74) is 0. The van der Waals surface area contributed by atoms with Gasteiger partial charge in [-0.1, -0.05) is 28.5 Å². The lowest BCUT2D eigenvalue weighted by molar-refractivity contribution is 0.0145. The first-order valence-corrected chi connectivity index (χ1v) is 5.06. The summed E-state index contributed by atoms with van der Waals surface area (Å²) in [4.78, 5) is 0. The number of halogens is 1. The van der Waals surface area contributed by atoms with Crippen molar-refractivity contribution in [1.29, 1.82) is 0 Å². The smallest absolute Gasteiger partial charge is 0.107 e. The molecule has 0 N–H and O–H groups in total. The van der Waals surface area contributed by atoms with Gasteiger partial charge in [-0.25, -0.2) is 0 Å². The van der Waals surface area contributed by atoms with Crippen LogP contribution < -0.4 is 0 Å². The Morgan fingerprint density at radius 3 is 2.82 bits per heavy atom. The summed E-state index contributed by atoms with van der Waals surface area (Å²) in [5, 5.41) is 0. The summed E-state index contributed by atoms with van der Waals surface area (Å²) < 4.78 is 11.4. The Morgan fingerprint density at radius 1 is 1.64 bits per heavy atom. The molecule has 0 fully saturated rings. The molecule has 1 unspecified atom stereocenters. The van der Waals surface area contributed by atoms with E-state index in [0.29, 0.717) is 13.2 Å². The van der Waals surface area contributed by atoms with Crippen LogP contribution in [0.1, 0.15) is 6.92 Å². The van der Waals surface area contributed by atoms with E-state index in [2.05, 4.69) is 28.5 Å². The van der Waals surface area contributed by atoms with E-state index in [1.165, 1.54) is 0 Å². The molecule has 64 valence electrons. The molecule has 0 amide bonds. The van der Waals surface area contributed by atoms with Crippen LogP contribution in [-0.4, -0.2) is 30.4 Å². The maximum Gasteiger partial charge on any atom is 0.107 e. The van der Waals surface area contributed by atoms with Crippen molar-refractivity contribution in [2.45, 2.75) is 13.0 Å². The molecule has 0 saturated heterocycles. The second-order valence-corrected chi connectivity index (χ2v) is 2.83. The van der Waals surface area contributed by atoms with Crippen molar-refractivity contribution >= 4 is 22.6 Å². The van der Waals surface area contributed by atoms with Gasteiger partial charge in [0.15, 0.2) is 0 Å². The highest BCUT2D eigenvalue weighted by Crippen LogP contribution is 1.98. The van der Waals surface area contributed by atoms with E-state index < -0.39 is 0 Å². The van der Waals surface area contributed by atoms with Crippen molar-refractivity contribution in [3.63, 3.8) is 0 Å². The van der Waals surface area contributed by atoms with Crippen molar-refractivity contribution < 1.29 is 9.47 Å². The van der Waals surface area contributed by atoms with E-state index in [9.17, 15) is 0 Å². The van der Waals surface area contributed by atoms with Crippen LogP contribution in [0.5, 0.6) is 0 Å². The molecule has 0 aromatic rings. The third-order valence-corrected chi connectivity index (χ3v) is 2.06. The Kier molecular flexibility index (Phi) is 8.47. The molecule has 3 heteroatoms. The molecule has 0 aromatic carbocycles. The van der Waals surface area contributed by atoms with Crippen molar-refractivity contribution in [3.05, 3.63) is 0 Å². The number of hydrogen-bond acceptors (Lipinski definition) is 2. The maximum absolute atomic E-state index is 5.27. The highest BCUT2D eigenvalue weighted by molar-refractivity contribution is 14.1. The van der Waals surface area contributed by atoms with Crippen LogP contribution >= 0.6 is 22.6 Å². The van der Waals surface area contributed by atoms with Crippen LogP contribution in [0.25, 0.3) is 0 Å². The van der Waals surface area contributed by atoms with Crippen LogP contribution in [0.15, 0.2) is 0 Å². The van der Waals surface area contributed by atoms with Crippen LogP contribution in [0, 0.1) is 12.3 Å². The van der Waals surface area contributed by atoms with Gasteiger partial charge >= 0.3 is 0 Å². The molecule has 1 atom stereocenters. The number of terminal acetylenes is 1. The number of ether oxygens (including phenoxy) is 2. The van der Waals surface area contributed by atoms with Crippen LogP contribution in [0.4, 0.5) is 0 Å². The lowest BCUT2D eigenvalue weighted by Gasteiger charge is -2.12. The van der Waals surface area contributed by atoms with Crippen LogP contribution in [-0.2, 0) is 9.47 Å². The van der Waals surface area contributed by atoms with Gasteiger partial charge < -0.3 is 9.47 Å². The van der Waals surface area contributed by atoms with Crippen LogP contribution in [0.3, 0.4) is 0 Å². The van der Waals surface area contributed by atoms with E-state index in [-0.39, 0.29) is 6.10 Å². The number of hydrogen-bond donors (Lipinski definition) is 0. The summed E-state index contributed by atoms with van der Waals surface area (Å²) in [6, 6.07) is 0. The third-order valence-electron chi connectivity index (χ3n) is 1.08. The highest BCUT2D eigenvalue weighted by Gasteiger charge is 2.05. The first kappa shape index (κ1) is 11.2. The number of alkyl halides is 1. The molecule has 0 aliphatic rings. The van der Waals surface area contributed by atoms with Crippen molar-refractivity contribution in [2.75, 3.05) is 24.2 Å². The van der Waals surface area contributed by atoms with Crippen molar-refractivity contribution in [1.82, 2.24) is 0 Å². The first-order valence-electron chi connectivity index (χ1n) is 3.53. The molecule has 0 aliphatic carbocycles. The zero-order chi connectivity index (χ0) is 8.53. The van der Waals surface area contributed by atoms with Gasteiger partial charge in [-0.3, -0.25) is 0 Å². The van der Waals surface area contributed by atoms with E-state index >= 15 is 0 Å². The minimum absolute atomic E-state index is 0.145. The quantitative estimate of drug-likeness (QED) is 0.412. The molecule has 0 aromatic heterocycles. The summed E-state index contributed by atoms with van der Waals surface area (Å²) in [6.07, 6.45) is 5.19. The molecule has 2 nitrogen and oxygen atoms in total. The summed E-state index contributed by atoms with van der Waals surface area (Å²) in [5.74, 6) is 2.43. The monoisotopic (exact) mass is 268 g/mol. The topological polar surface area (TPSA) is 18.5 Å². The van der Waals surface area contributed by atoms with Gasteiger partial charge in [-0.15, -0.1) is 6.42 Å². The fraction of sp³-hybridized carbons (Fsp3) is 0.750. The van der Waals surface area contributed by atoms with E-state index in [4.69, 9.17) is 15.9 Å². The van der Waals surface area contributed by atoms with E-state index in [1.54, 1.807) is 0 Å². The molecule has 0 radical (unpaired) electrons. The minimum atomic E-state index is 0.145. The molecular weight excluding hydrogens is 255 g/mol. The Balaban J connectivity index is 3.34. The SMILES string of the molecule is C#CCOC(CI)COCC. The molecule has 0 bridgehead atoms. The summed E-state index contributed by atoms with van der Waals surface area (Å²) >= 11 is 2.26. The van der Waals surface area contributed by atoms with Gasteiger partial charge in [0, 0.05) is 11.0 Å². The van der Waals surface area contributed by atoms with E-state index in [0.717, 1.165) is 11.0 Å². The molecule has 0 heterocycles. The number of rotatable bonds is 6. The standard InChI is InChI=1S/C8H13IO2/c1-3-5-11-8(6-9)7-10-4-2/h1,8H,4-7H2,2H3. The Hall–Kier alpha value is 0.210. The predicted molar refractivity (Wildman–Crippen MR) is 54.0 cm³/mol. The van der Waals surface area contributed by atoms with Gasteiger partial charge in [-0.2, -0.15) is 0 Å². The Labute approximate surface area is 81.8 Å². The second-order valence-electron chi connectivity index (χ2n) is 1.95. The van der Waals surface area contributed by atoms with Gasteiger partial charge in [0.1, 0.15) is 6.61 Å². The Bertz CT molecular complexity index is 120. The average Bonchev–Trinajstić information content (AvgIpc) is 2.05. The van der Waals surface area contributed by atoms with Gasteiger partial charge in [0.05, 0.1) is 12.7 Å². The summed E-state index contributed by atoms with van der Waals surface area (Å²) in [6.45, 7) is 3.71. The third kappa shape index (κ3) is 6.60. The highest BCUT2D eigenvalue weighted by atomic mass is 127. The molecule has 0 aliphatic heterocycles. The van der Waals surface area contributed by atoms with Gasteiger partial charge in [0.25, 0.3) is 0 Å². The normalized spacial score (nSPS) is 12.5. The fourth-order valence-corrected chi connectivity index (χ4v) is 1.06. The largest absolute Gasteiger partial charge is 0.379 e.